The quantitative estimate of drug-likeness (QED) is 0.877. The summed E-state index contributed by atoms with van der Waals surface area (Å²) in [5.41, 5.74) is 0.866. The minimum Gasteiger partial charge on any atom is -0.486 e. The highest BCUT2D eigenvalue weighted by atomic mass is 79.9. The van der Waals surface area contributed by atoms with Gasteiger partial charge in [-0.15, -0.1) is 0 Å². The third-order valence-electron chi connectivity index (χ3n) is 3.44. The Balaban J connectivity index is 1.90. The number of halogens is 1. The van der Waals surface area contributed by atoms with Crippen LogP contribution in [-0.2, 0) is 0 Å². The standard InChI is InChI=1S/C13H16BrNO3/c14-9-6-8(12(16)10-2-1-3-15-10)7-11-13(9)18-5-4-17-11/h6-7,10,12,15-16H,1-5H2. The summed E-state index contributed by atoms with van der Waals surface area (Å²) >= 11 is 3.47. The fourth-order valence-electron chi connectivity index (χ4n) is 2.51. The summed E-state index contributed by atoms with van der Waals surface area (Å²) in [4.78, 5) is 0. The Bertz CT molecular complexity index is 446. The first-order valence-electron chi connectivity index (χ1n) is 6.26. The predicted molar refractivity (Wildman–Crippen MR) is 71.1 cm³/mol. The maximum absolute atomic E-state index is 10.4. The number of hydrogen-bond donors (Lipinski definition) is 2. The Morgan fingerprint density at radius 3 is 2.94 bits per heavy atom. The number of aliphatic hydroxyl groups is 1. The zero-order valence-electron chi connectivity index (χ0n) is 9.99. The molecule has 2 atom stereocenters. The van der Waals surface area contributed by atoms with Crippen LogP contribution in [0.25, 0.3) is 0 Å². The van der Waals surface area contributed by atoms with Gasteiger partial charge >= 0.3 is 0 Å². The molecule has 1 fully saturated rings. The van der Waals surface area contributed by atoms with Crippen molar-refractivity contribution in [2.45, 2.75) is 25.0 Å². The van der Waals surface area contributed by atoms with Crippen molar-refractivity contribution in [2.24, 2.45) is 0 Å². The van der Waals surface area contributed by atoms with E-state index in [0.717, 1.165) is 35.2 Å². The van der Waals surface area contributed by atoms with Crippen LogP contribution >= 0.6 is 15.9 Å². The highest BCUT2D eigenvalue weighted by Crippen LogP contribution is 2.40. The minimum absolute atomic E-state index is 0.138. The van der Waals surface area contributed by atoms with E-state index in [2.05, 4.69) is 21.2 Å². The van der Waals surface area contributed by atoms with Crippen molar-refractivity contribution >= 4 is 15.9 Å². The molecule has 2 unspecified atom stereocenters. The molecule has 0 amide bonds. The summed E-state index contributed by atoms with van der Waals surface area (Å²) < 4.78 is 12.0. The van der Waals surface area contributed by atoms with Crippen molar-refractivity contribution in [3.63, 3.8) is 0 Å². The van der Waals surface area contributed by atoms with Gasteiger partial charge in [-0.1, -0.05) is 0 Å². The molecule has 18 heavy (non-hydrogen) atoms. The Hall–Kier alpha value is -0.780. The lowest BCUT2D eigenvalue weighted by atomic mass is 10.0. The van der Waals surface area contributed by atoms with Gasteiger partial charge in [-0.2, -0.15) is 0 Å². The first-order chi connectivity index (χ1) is 8.75. The lowest BCUT2D eigenvalue weighted by molar-refractivity contribution is 0.135. The lowest BCUT2D eigenvalue weighted by Gasteiger charge is -2.23. The Kier molecular flexibility index (Phi) is 3.46. The first kappa shape index (κ1) is 12.3. The first-order valence-corrected chi connectivity index (χ1v) is 7.05. The predicted octanol–water partition coefficient (Wildman–Crippen LogP) is 2.01. The molecule has 0 bridgehead atoms. The van der Waals surface area contributed by atoms with Gasteiger partial charge < -0.3 is 19.9 Å². The molecule has 1 saturated heterocycles. The third kappa shape index (κ3) is 2.22. The van der Waals surface area contributed by atoms with Crippen molar-refractivity contribution in [3.05, 3.63) is 22.2 Å². The van der Waals surface area contributed by atoms with Gasteiger partial charge in [0.1, 0.15) is 13.2 Å². The van der Waals surface area contributed by atoms with E-state index in [4.69, 9.17) is 9.47 Å². The Morgan fingerprint density at radius 2 is 2.17 bits per heavy atom. The molecular weight excluding hydrogens is 298 g/mol. The van der Waals surface area contributed by atoms with Crippen LogP contribution in [0.3, 0.4) is 0 Å². The topological polar surface area (TPSA) is 50.7 Å². The van der Waals surface area contributed by atoms with Crippen molar-refractivity contribution in [1.29, 1.82) is 0 Å². The molecule has 3 rings (SSSR count). The zero-order valence-corrected chi connectivity index (χ0v) is 11.6. The number of hydrogen-bond acceptors (Lipinski definition) is 4. The molecule has 2 heterocycles. The van der Waals surface area contributed by atoms with Gasteiger partial charge in [-0.25, -0.2) is 0 Å². The van der Waals surface area contributed by atoms with Crippen LogP contribution in [0.5, 0.6) is 11.5 Å². The number of ether oxygens (including phenoxy) is 2. The van der Waals surface area contributed by atoms with Crippen molar-refractivity contribution < 1.29 is 14.6 Å². The van der Waals surface area contributed by atoms with E-state index in [1.165, 1.54) is 0 Å². The van der Waals surface area contributed by atoms with Gasteiger partial charge in [-0.3, -0.25) is 0 Å². The third-order valence-corrected chi connectivity index (χ3v) is 4.03. The molecule has 5 heteroatoms. The van der Waals surface area contributed by atoms with Crippen LogP contribution in [0.15, 0.2) is 16.6 Å². The number of benzene rings is 1. The van der Waals surface area contributed by atoms with Crippen LogP contribution in [0, 0.1) is 0 Å². The van der Waals surface area contributed by atoms with Crippen LogP contribution in [0.1, 0.15) is 24.5 Å². The second-order valence-corrected chi connectivity index (χ2v) is 5.53. The maximum atomic E-state index is 10.4. The monoisotopic (exact) mass is 313 g/mol. The molecule has 1 aromatic carbocycles. The zero-order chi connectivity index (χ0) is 12.5. The fourth-order valence-corrected chi connectivity index (χ4v) is 3.09. The molecule has 0 spiro atoms. The minimum atomic E-state index is -0.500. The summed E-state index contributed by atoms with van der Waals surface area (Å²) in [5.74, 6) is 1.44. The van der Waals surface area contributed by atoms with Gasteiger partial charge in [0.25, 0.3) is 0 Å². The largest absolute Gasteiger partial charge is 0.486 e. The lowest BCUT2D eigenvalue weighted by Crippen LogP contribution is -2.28. The van der Waals surface area contributed by atoms with E-state index in [-0.39, 0.29) is 6.04 Å². The highest BCUT2D eigenvalue weighted by Gasteiger charge is 2.26. The fraction of sp³-hybridized carbons (Fsp3) is 0.538. The van der Waals surface area contributed by atoms with E-state index in [1.807, 2.05) is 12.1 Å². The molecule has 0 aromatic heterocycles. The molecular formula is C13H16BrNO3. The van der Waals surface area contributed by atoms with Crippen LogP contribution in [0.4, 0.5) is 0 Å². The Labute approximate surface area is 114 Å². The van der Waals surface area contributed by atoms with Crippen molar-refractivity contribution in [3.8, 4) is 11.5 Å². The highest BCUT2D eigenvalue weighted by molar-refractivity contribution is 9.10. The Morgan fingerprint density at radius 1 is 1.33 bits per heavy atom. The molecule has 0 saturated carbocycles. The van der Waals surface area contributed by atoms with Crippen molar-refractivity contribution in [1.82, 2.24) is 5.32 Å². The summed E-state index contributed by atoms with van der Waals surface area (Å²) in [7, 11) is 0. The molecule has 0 radical (unpaired) electrons. The van der Waals surface area contributed by atoms with E-state index in [1.54, 1.807) is 0 Å². The number of nitrogens with one attached hydrogen (secondary N) is 1. The van der Waals surface area contributed by atoms with E-state index < -0.39 is 6.10 Å². The van der Waals surface area contributed by atoms with E-state index in [0.29, 0.717) is 19.0 Å². The van der Waals surface area contributed by atoms with Crippen LogP contribution in [-0.4, -0.2) is 30.9 Å². The van der Waals surface area contributed by atoms with Crippen LogP contribution in [0.2, 0.25) is 0 Å². The summed E-state index contributed by atoms with van der Waals surface area (Å²) in [5, 5.41) is 13.7. The normalized spacial score (nSPS) is 24.0. The van der Waals surface area contributed by atoms with Crippen molar-refractivity contribution in [2.75, 3.05) is 19.8 Å². The second kappa shape index (κ2) is 5.07. The second-order valence-electron chi connectivity index (χ2n) is 4.67. The van der Waals surface area contributed by atoms with Gasteiger partial charge in [0.15, 0.2) is 11.5 Å². The average molecular weight is 314 g/mol. The molecule has 2 N–H and O–H groups in total. The molecule has 1 aromatic rings. The van der Waals surface area contributed by atoms with E-state index >= 15 is 0 Å². The molecule has 2 aliphatic heterocycles. The number of fused-ring (bicyclic) bond motifs is 1. The molecule has 98 valence electrons. The maximum Gasteiger partial charge on any atom is 0.175 e. The molecule has 0 aliphatic carbocycles. The number of rotatable bonds is 2. The SMILES string of the molecule is OC(c1cc(Br)c2c(c1)OCCO2)C1CCCN1. The summed E-state index contributed by atoms with van der Waals surface area (Å²) in [6.45, 7) is 2.10. The van der Waals surface area contributed by atoms with E-state index in [9.17, 15) is 5.11 Å². The summed E-state index contributed by atoms with van der Waals surface area (Å²) in [6, 6.07) is 3.93. The van der Waals surface area contributed by atoms with Gasteiger partial charge in [0.2, 0.25) is 0 Å². The summed E-state index contributed by atoms with van der Waals surface area (Å²) in [6.07, 6.45) is 1.63. The van der Waals surface area contributed by atoms with Gasteiger partial charge in [-0.05, 0) is 53.0 Å². The average Bonchev–Trinajstić information content (AvgIpc) is 2.91. The molecule has 2 aliphatic rings. The van der Waals surface area contributed by atoms with Gasteiger partial charge in [0.05, 0.1) is 10.6 Å². The number of aliphatic hydroxyl groups excluding tert-OH is 1. The smallest absolute Gasteiger partial charge is 0.175 e. The molecule has 4 nitrogen and oxygen atoms in total. The van der Waals surface area contributed by atoms with Crippen LogP contribution < -0.4 is 14.8 Å². The van der Waals surface area contributed by atoms with Gasteiger partial charge in [0, 0.05) is 6.04 Å².